The summed E-state index contributed by atoms with van der Waals surface area (Å²) in [5, 5.41) is 3.03. The van der Waals surface area contributed by atoms with Crippen molar-refractivity contribution in [3.8, 4) is 0 Å². The Morgan fingerprint density at radius 2 is 1.44 bits per heavy atom. The van der Waals surface area contributed by atoms with Crippen molar-refractivity contribution in [3.05, 3.63) is 23.9 Å². The van der Waals surface area contributed by atoms with Crippen LogP contribution in [0.2, 0.25) is 0 Å². The molecule has 1 aromatic heterocycles. The monoisotopic (exact) mass is 524 g/mol. The highest BCUT2D eigenvalue weighted by atomic mass is 32.2. The summed E-state index contributed by atoms with van der Waals surface area (Å²) >= 11 is 0. The number of nitrogens with zero attached hydrogens (tertiary/aromatic N) is 3. The Morgan fingerprint density at radius 3 is 1.94 bits per heavy atom. The standard InChI is InChI=1S/C27H48N4O4S/c1-3-30-19-21-31(22-20-30)26-17-16-25(24-29-26)27(32)28-18-14-12-10-8-6-4-5-7-9-11-13-15-23-35-36(2,33)34/h16-17,24H,3-15,18-23H2,1-2H3,(H,28,32). The fraction of sp³-hybridized carbons (Fsp3) is 0.778. The second-order valence-electron chi connectivity index (χ2n) is 9.85. The van der Waals surface area contributed by atoms with Crippen molar-refractivity contribution in [2.24, 2.45) is 0 Å². The van der Waals surface area contributed by atoms with Crippen LogP contribution in [0.15, 0.2) is 18.3 Å². The molecule has 206 valence electrons. The number of unbranched alkanes of at least 4 members (excludes halogenated alkanes) is 11. The van der Waals surface area contributed by atoms with Crippen LogP contribution in [0.4, 0.5) is 5.82 Å². The van der Waals surface area contributed by atoms with Crippen LogP contribution in [0.5, 0.6) is 0 Å². The van der Waals surface area contributed by atoms with Crippen molar-refractivity contribution >= 4 is 21.8 Å². The molecule has 9 heteroatoms. The number of nitrogens with one attached hydrogen (secondary N) is 1. The highest BCUT2D eigenvalue weighted by Gasteiger charge is 2.17. The summed E-state index contributed by atoms with van der Waals surface area (Å²) in [4.78, 5) is 21.6. The van der Waals surface area contributed by atoms with Gasteiger partial charge in [-0.2, -0.15) is 8.42 Å². The van der Waals surface area contributed by atoms with E-state index in [4.69, 9.17) is 4.18 Å². The van der Waals surface area contributed by atoms with E-state index in [1.165, 1.54) is 44.9 Å². The topological polar surface area (TPSA) is 91.8 Å². The molecule has 0 radical (unpaired) electrons. The third-order valence-electron chi connectivity index (χ3n) is 6.81. The first kappa shape index (κ1) is 30.5. The van der Waals surface area contributed by atoms with Gasteiger partial charge < -0.3 is 15.1 Å². The van der Waals surface area contributed by atoms with Gasteiger partial charge in [0.05, 0.1) is 18.4 Å². The van der Waals surface area contributed by atoms with E-state index in [0.717, 1.165) is 83.4 Å². The minimum Gasteiger partial charge on any atom is -0.354 e. The van der Waals surface area contributed by atoms with Gasteiger partial charge in [-0.3, -0.25) is 8.98 Å². The lowest BCUT2D eigenvalue weighted by Crippen LogP contribution is -2.46. The van der Waals surface area contributed by atoms with E-state index in [9.17, 15) is 13.2 Å². The summed E-state index contributed by atoms with van der Waals surface area (Å²) in [5.41, 5.74) is 0.633. The predicted molar refractivity (Wildman–Crippen MR) is 147 cm³/mol. The molecule has 0 atom stereocenters. The Hall–Kier alpha value is -1.71. The van der Waals surface area contributed by atoms with Gasteiger partial charge in [-0.05, 0) is 31.5 Å². The summed E-state index contributed by atoms with van der Waals surface area (Å²) in [6, 6.07) is 3.85. The molecule has 1 amide bonds. The largest absolute Gasteiger partial charge is 0.354 e. The number of likely N-dealkylation sites (N-methyl/N-ethyl adjacent to an activating group) is 1. The molecule has 36 heavy (non-hydrogen) atoms. The van der Waals surface area contributed by atoms with Gasteiger partial charge in [0.2, 0.25) is 0 Å². The van der Waals surface area contributed by atoms with Crippen molar-refractivity contribution in [1.29, 1.82) is 0 Å². The van der Waals surface area contributed by atoms with Crippen LogP contribution in [0.25, 0.3) is 0 Å². The van der Waals surface area contributed by atoms with Crippen molar-refractivity contribution in [2.45, 2.75) is 84.0 Å². The van der Waals surface area contributed by atoms with Gasteiger partial charge in [0.1, 0.15) is 5.82 Å². The molecule has 0 unspecified atom stereocenters. The molecule has 1 aliphatic rings. The first-order valence-electron chi connectivity index (χ1n) is 13.9. The zero-order chi connectivity index (χ0) is 26.1. The molecule has 1 fully saturated rings. The van der Waals surface area contributed by atoms with Gasteiger partial charge in [-0.1, -0.05) is 71.1 Å². The van der Waals surface area contributed by atoms with Crippen LogP contribution in [0.1, 0.15) is 94.3 Å². The second kappa shape index (κ2) is 17.7. The Bertz CT molecular complexity index is 825. The molecule has 2 heterocycles. The van der Waals surface area contributed by atoms with E-state index in [2.05, 4.69) is 27.0 Å². The van der Waals surface area contributed by atoms with Gasteiger partial charge >= 0.3 is 0 Å². The van der Waals surface area contributed by atoms with Crippen molar-refractivity contribution < 1.29 is 17.4 Å². The first-order chi connectivity index (χ1) is 17.4. The number of piperazine rings is 1. The van der Waals surface area contributed by atoms with Gasteiger partial charge in [0, 0.05) is 38.9 Å². The van der Waals surface area contributed by atoms with Crippen LogP contribution in [0.3, 0.4) is 0 Å². The lowest BCUT2D eigenvalue weighted by Gasteiger charge is -2.34. The second-order valence-corrected chi connectivity index (χ2v) is 11.5. The van der Waals surface area contributed by atoms with Gasteiger partial charge in [-0.15, -0.1) is 0 Å². The molecular weight excluding hydrogens is 476 g/mol. The van der Waals surface area contributed by atoms with Gasteiger partial charge in [-0.25, -0.2) is 4.98 Å². The van der Waals surface area contributed by atoms with E-state index < -0.39 is 10.1 Å². The zero-order valence-corrected chi connectivity index (χ0v) is 23.4. The average molecular weight is 525 g/mol. The molecule has 0 spiro atoms. The van der Waals surface area contributed by atoms with Gasteiger partial charge in [0.25, 0.3) is 16.0 Å². The van der Waals surface area contributed by atoms with Crippen LogP contribution < -0.4 is 10.2 Å². The fourth-order valence-corrected chi connectivity index (χ4v) is 4.93. The Kier molecular flexibility index (Phi) is 15.0. The third kappa shape index (κ3) is 13.6. The first-order valence-corrected chi connectivity index (χ1v) is 15.8. The van der Waals surface area contributed by atoms with Crippen LogP contribution in [-0.2, 0) is 14.3 Å². The number of aromatic nitrogens is 1. The van der Waals surface area contributed by atoms with Crippen molar-refractivity contribution in [2.75, 3.05) is 57.0 Å². The molecule has 0 saturated carbocycles. The van der Waals surface area contributed by atoms with E-state index in [-0.39, 0.29) is 5.91 Å². The van der Waals surface area contributed by atoms with Gasteiger partial charge in [0.15, 0.2) is 0 Å². The zero-order valence-electron chi connectivity index (χ0n) is 22.5. The van der Waals surface area contributed by atoms with Crippen molar-refractivity contribution in [1.82, 2.24) is 15.2 Å². The van der Waals surface area contributed by atoms with E-state index in [1.54, 1.807) is 6.20 Å². The normalized spacial score (nSPS) is 14.8. The molecule has 1 aromatic rings. The number of rotatable bonds is 19. The van der Waals surface area contributed by atoms with Crippen LogP contribution in [-0.4, -0.2) is 76.3 Å². The number of amides is 1. The lowest BCUT2D eigenvalue weighted by atomic mass is 10.1. The maximum atomic E-state index is 12.4. The molecule has 1 N–H and O–H groups in total. The molecule has 1 saturated heterocycles. The number of hydrogen-bond acceptors (Lipinski definition) is 7. The maximum absolute atomic E-state index is 12.4. The summed E-state index contributed by atoms with van der Waals surface area (Å²) < 4.78 is 26.5. The summed E-state index contributed by atoms with van der Waals surface area (Å²) in [5.74, 6) is 0.923. The molecule has 2 rings (SSSR count). The molecule has 0 aliphatic carbocycles. The molecular formula is C27H48N4O4S. The highest BCUT2D eigenvalue weighted by molar-refractivity contribution is 7.85. The Morgan fingerprint density at radius 1 is 0.889 bits per heavy atom. The van der Waals surface area contributed by atoms with E-state index in [0.29, 0.717) is 12.2 Å². The minimum absolute atomic E-state index is 0.0345. The summed E-state index contributed by atoms with van der Waals surface area (Å²) in [7, 11) is -3.29. The fourth-order valence-electron chi connectivity index (χ4n) is 4.51. The number of anilines is 1. The quantitative estimate of drug-likeness (QED) is 0.209. The summed E-state index contributed by atoms with van der Waals surface area (Å²) in [6.45, 7) is 8.42. The van der Waals surface area contributed by atoms with E-state index >= 15 is 0 Å². The molecule has 8 nitrogen and oxygen atoms in total. The number of carbonyl (C=O) groups is 1. The van der Waals surface area contributed by atoms with Crippen LogP contribution >= 0.6 is 0 Å². The third-order valence-corrected chi connectivity index (χ3v) is 7.40. The minimum atomic E-state index is -3.29. The maximum Gasteiger partial charge on any atom is 0.264 e. The number of hydrogen-bond donors (Lipinski definition) is 1. The number of pyridine rings is 1. The summed E-state index contributed by atoms with van der Waals surface area (Å²) in [6.07, 6.45) is 16.7. The van der Waals surface area contributed by atoms with Crippen molar-refractivity contribution in [3.63, 3.8) is 0 Å². The van der Waals surface area contributed by atoms with Crippen LogP contribution in [0, 0.1) is 0 Å². The Balaban J connectivity index is 1.39. The Labute approximate surface area is 219 Å². The average Bonchev–Trinajstić information content (AvgIpc) is 2.88. The molecule has 1 aliphatic heterocycles. The smallest absolute Gasteiger partial charge is 0.264 e. The van der Waals surface area contributed by atoms with E-state index in [1.807, 2.05) is 12.1 Å². The predicted octanol–water partition coefficient (Wildman–Crippen LogP) is 4.61. The highest BCUT2D eigenvalue weighted by Crippen LogP contribution is 2.15. The lowest BCUT2D eigenvalue weighted by molar-refractivity contribution is 0.0952. The SMILES string of the molecule is CCN1CCN(c2ccc(C(=O)NCCCCCCCCCCCCCCOS(C)(=O)=O)cn2)CC1. The molecule has 0 aromatic carbocycles. The number of carbonyl (C=O) groups excluding carboxylic acids is 1. The molecule has 0 bridgehead atoms.